The number of nitrogens with two attached hydrogens (primary N) is 1. The fourth-order valence-electron chi connectivity index (χ4n) is 3.63. The van der Waals surface area contributed by atoms with Gasteiger partial charge in [-0.2, -0.15) is 0 Å². The highest BCUT2D eigenvalue weighted by atomic mass is 15.0. The van der Waals surface area contributed by atoms with Crippen LogP contribution in [0.4, 0.5) is 0 Å². The normalized spacial score (nSPS) is 20.8. The van der Waals surface area contributed by atoms with Gasteiger partial charge < -0.3 is 10.3 Å². The van der Waals surface area contributed by atoms with Gasteiger partial charge >= 0.3 is 0 Å². The molecule has 0 saturated heterocycles. The van der Waals surface area contributed by atoms with Crippen LogP contribution in [0.5, 0.6) is 0 Å². The third kappa shape index (κ3) is 2.08. The molecule has 2 N–H and O–H groups in total. The quantitative estimate of drug-likeness (QED) is 0.830. The third-order valence-electron chi connectivity index (χ3n) is 4.53. The van der Waals surface area contributed by atoms with Crippen LogP contribution in [0, 0.1) is 19.3 Å². The smallest absolute Gasteiger partial charge is 0.0510 e. The molecule has 0 bridgehead atoms. The molecule has 2 nitrogen and oxygen atoms in total. The summed E-state index contributed by atoms with van der Waals surface area (Å²) in [6.45, 7) is 9.00. The van der Waals surface area contributed by atoms with E-state index in [4.69, 9.17) is 5.73 Å². The monoisotopic (exact) mass is 268 g/mol. The molecular formula is C18H24N2. The van der Waals surface area contributed by atoms with Gasteiger partial charge in [0.15, 0.2) is 0 Å². The predicted molar refractivity (Wildman–Crippen MR) is 84.3 cm³/mol. The number of rotatable bonds is 1. The van der Waals surface area contributed by atoms with Gasteiger partial charge in [-0.15, -0.1) is 0 Å². The Labute approximate surface area is 121 Å². The fourth-order valence-corrected chi connectivity index (χ4v) is 3.63. The zero-order valence-electron chi connectivity index (χ0n) is 12.9. The van der Waals surface area contributed by atoms with Crippen molar-refractivity contribution in [2.24, 2.45) is 11.1 Å². The minimum absolute atomic E-state index is 0.166. The molecule has 2 aromatic rings. The first-order valence-electron chi connectivity index (χ1n) is 7.41. The average Bonchev–Trinajstić information content (AvgIpc) is 2.71. The average molecular weight is 268 g/mol. The predicted octanol–water partition coefficient (Wildman–Crippen LogP) is 4.07. The second kappa shape index (κ2) is 4.49. The van der Waals surface area contributed by atoms with Gasteiger partial charge in [-0.3, -0.25) is 0 Å². The summed E-state index contributed by atoms with van der Waals surface area (Å²) in [4.78, 5) is 0. The number of benzene rings is 1. The lowest BCUT2D eigenvalue weighted by atomic mass is 9.74. The van der Waals surface area contributed by atoms with E-state index in [-0.39, 0.29) is 11.5 Å². The van der Waals surface area contributed by atoms with E-state index in [0.717, 1.165) is 12.8 Å². The second-order valence-electron chi connectivity index (χ2n) is 6.98. The van der Waals surface area contributed by atoms with Crippen molar-refractivity contribution in [3.05, 3.63) is 52.8 Å². The lowest BCUT2D eigenvalue weighted by Gasteiger charge is -2.34. The van der Waals surface area contributed by atoms with Crippen molar-refractivity contribution in [1.29, 1.82) is 0 Å². The molecule has 0 fully saturated rings. The zero-order chi connectivity index (χ0) is 14.5. The molecule has 3 rings (SSSR count). The Kier molecular flexibility index (Phi) is 3.02. The van der Waals surface area contributed by atoms with Crippen LogP contribution in [0.1, 0.15) is 48.7 Å². The summed E-state index contributed by atoms with van der Waals surface area (Å²) < 4.78 is 2.36. The number of hydrogen-bond acceptors (Lipinski definition) is 1. The molecule has 1 aromatic carbocycles. The molecule has 0 spiro atoms. The highest BCUT2D eigenvalue weighted by Gasteiger charge is 2.32. The number of hydrogen-bond donors (Lipinski definition) is 1. The lowest BCUT2D eigenvalue weighted by molar-refractivity contribution is 0.278. The third-order valence-corrected chi connectivity index (χ3v) is 4.53. The van der Waals surface area contributed by atoms with E-state index in [0.29, 0.717) is 0 Å². The molecule has 0 amide bonds. The SMILES string of the molecule is Cc1cccc(C)c1-n1ccc2c1CC(C)(C)CC2N. The Morgan fingerprint density at radius 2 is 1.80 bits per heavy atom. The van der Waals surface area contributed by atoms with Crippen molar-refractivity contribution in [3.8, 4) is 5.69 Å². The molecule has 20 heavy (non-hydrogen) atoms. The van der Waals surface area contributed by atoms with E-state index in [9.17, 15) is 0 Å². The highest BCUT2D eigenvalue weighted by molar-refractivity contribution is 5.50. The minimum Gasteiger partial charge on any atom is -0.324 e. The number of aryl methyl sites for hydroxylation is 2. The van der Waals surface area contributed by atoms with Crippen LogP contribution in [-0.4, -0.2) is 4.57 Å². The Bertz CT molecular complexity index is 629. The van der Waals surface area contributed by atoms with Crippen LogP contribution < -0.4 is 5.73 Å². The van der Waals surface area contributed by atoms with Crippen molar-refractivity contribution in [3.63, 3.8) is 0 Å². The first-order chi connectivity index (χ1) is 9.39. The summed E-state index contributed by atoms with van der Waals surface area (Å²) in [6.07, 6.45) is 4.36. The summed E-state index contributed by atoms with van der Waals surface area (Å²) >= 11 is 0. The number of para-hydroxylation sites is 1. The summed E-state index contributed by atoms with van der Waals surface area (Å²) in [6, 6.07) is 8.87. The zero-order valence-corrected chi connectivity index (χ0v) is 12.9. The number of aromatic nitrogens is 1. The van der Waals surface area contributed by atoms with Gasteiger partial charge in [0.05, 0.1) is 5.69 Å². The molecule has 0 aliphatic heterocycles. The summed E-state index contributed by atoms with van der Waals surface area (Å²) in [5, 5.41) is 0. The molecule has 0 radical (unpaired) electrons. The summed E-state index contributed by atoms with van der Waals surface area (Å²) in [5.41, 5.74) is 13.3. The van der Waals surface area contributed by atoms with E-state index in [1.807, 2.05) is 0 Å². The molecule has 1 heterocycles. The second-order valence-corrected chi connectivity index (χ2v) is 6.98. The van der Waals surface area contributed by atoms with Gasteiger partial charge in [0.25, 0.3) is 0 Å². The van der Waals surface area contributed by atoms with E-state index in [1.54, 1.807) is 0 Å². The molecular weight excluding hydrogens is 244 g/mol. The minimum atomic E-state index is 0.166. The van der Waals surface area contributed by atoms with Crippen molar-refractivity contribution in [2.75, 3.05) is 0 Å². The maximum atomic E-state index is 6.38. The Morgan fingerprint density at radius 1 is 1.15 bits per heavy atom. The molecule has 1 atom stereocenters. The van der Waals surface area contributed by atoms with Crippen LogP contribution in [-0.2, 0) is 6.42 Å². The topological polar surface area (TPSA) is 30.9 Å². The number of fused-ring (bicyclic) bond motifs is 1. The Morgan fingerprint density at radius 3 is 2.45 bits per heavy atom. The first kappa shape index (κ1) is 13.4. The molecule has 0 saturated carbocycles. The van der Waals surface area contributed by atoms with Crippen LogP contribution in [0.25, 0.3) is 5.69 Å². The van der Waals surface area contributed by atoms with Gasteiger partial charge in [-0.1, -0.05) is 32.0 Å². The van der Waals surface area contributed by atoms with Crippen LogP contribution in [0.3, 0.4) is 0 Å². The maximum Gasteiger partial charge on any atom is 0.0510 e. The van der Waals surface area contributed by atoms with Crippen LogP contribution in [0.2, 0.25) is 0 Å². The molecule has 2 heteroatoms. The van der Waals surface area contributed by atoms with Crippen LogP contribution >= 0.6 is 0 Å². The molecule has 1 aliphatic carbocycles. The highest BCUT2D eigenvalue weighted by Crippen LogP contribution is 2.41. The molecule has 106 valence electrons. The largest absolute Gasteiger partial charge is 0.324 e. The van der Waals surface area contributed by atoms with Crippen molar-refractivity contribution >= 4 is 0 Å². The first-order valence-corrected chi connectivity index (χ1v) is 7.41. The van der Waals surface area contributed by atoms with Gasteiger partial charge in [-0.25, -0.2) is 0 Å². The van der Waals surface area contributed by atoms with E-state index < -0.39 is 0 Å². The van der Waals surface area contributed by atoms with Gasteiger partial charge in [-0.05, 0) is 54.9 Å². The molecule has 1 aliphatic rings. The van der Waals surface area contributed by atoms with Gasteiger partial charge in [0.2, 0.25) is 0 Å². The Hall–Kier alpha value is -1.54. The van der Waals surface area contributed by atoms with Crippen LogP contribution in [0.15, 0.2) is 30.5 Å². The summed E-state index contributed by atoms with van der Waals surface area (Å²) in [5.74, 6) is 0. The van der Waals surface area contributed by atoms with Gasteiger partial charge in [0.1, 0.15) is 0 Å². The van der Waals surface area contributed by atoms with E-state index in [2.05, 4.69) is 62.7 Å². The van der Waals surface area contributed by atoms with E-state index in [1.165, 1.54) is 28.1 Å². The lowest BCUT2D eigenvalue weighted by Crippen LogP contribution is -2.30. The molecule has 1 aromatic heterocycles. The van der Waals surface area contributed by atoms with Crippen molar-refractivity contribution < 1.29 is 0 Å². The maximum absolute atomic E-state index is 6.38. The van der Waals surface area contributed by atoms with Crippen molar-refractivity contribution in [2.45, 2.75) is 46.6 Å². The van der Waals surface area contributed by atoms with Gasteiger partial charge in [0, 0.05) is 17.9 Å². The number of nitrogens with zero attached hydrogens (tertiary/aromatic N) is 1. The van der Waals surface area contributed by atoms with E-state index >= 15 is 0 Å². The molecule has 1 unspecified atom stereocenters. The Balaban J connectivity index is 2.19. The fraction of sp³-hybridized carbons (Fsp3) is 0.444. The standard InChI is InChI=1S/C18H24N2/c1-12-6-5-7-13(2)17(12)20-9-8-14-15(19)10-18(3,4)11-16(14)20/h5-9,15H,10-11,19H2,1-4H3. The summed E-state index contributed by atoms with van der Waals surface area (Å²) in [7, 11) is 0. The van der Waals surface area contributed by atoms with Crippen molar-refractivity contribution in [1.82, 2.24) is 4.57 Å².